The molecule has 68 valence electrons. The first-order valence-corrected chi connectivity index (χ1v) is 5.11. The van der Waals surface area contributed by atoms with E-state index in [1.54, 1.807) is 0 Å². The van der Waals surface area contributed by atoms with E-state index in [2.05, 4.69) is 27.7 Å². The van der Waals surface area contributed by atoms with Crippen LogP contribution in [0.5, 0.6) is 0 Å². The summed E-state index contributed by atoms with van der Waals surface area (Å²) in [5.74, 6) is 0.647. The summed E-state index contributed by atoms with van der Waals surface area (Å²) in [7, 11) is 0. The number of rotatable bonds is 5. The Balaban J connectivity index is 3.83. The highest BCUT2D eigenvalue weighted by Gasteiger charge is 2.26. The van der Waals surface area contributed by atoms with E-state index in [0.29, 0.717) is 5.92 Å². The summed E-state index contributed by atoms with van der Waals surface area (Å²) in [6.07, 6.45) is 4.82. The van der Waals surface area contributed by atoms with Crippen molar-refractivity contribution in [3.8, 4) is 0 Å². The van der Waals surface area contributed by atoms with E-state index in [1.807, 2.05) is 0 Å². The molecule has 0 rings (SSSR count). The summed E-state index contributed by atoms with van der Waals surface area (Å²) in [6, 6.07) is 0. The van der Waals surface area contributed by atoms with Crippen molar-refractivity contribution in [2.45, 2.75) is 58.3 Å². The van der Waals surface area contributed by atoms with Crippen LogP contribution in [0.2, 0.25) is 0 Å². The zero-order valence-electron chi connectivity index (χ0n) is 8.28. The molecule has 0 aromatic heterocycles. The van der Waals surface area contributed by atoms with Crippen molar-refractivity contribution < 1.29 is 0 Å². The molecule has 0 aromatic carbocycles. The molecule has 2 unspecified atom stereocenters. The molecule has 2 atom stereocenters. The summed E-state index contributed by atoms with van der Waals surface area (Å²) in [5.41, 5.74) is 0. The summed E-state index contributed by atoms with van der Waals surface area (Å²) in [6.45, 7) is 8.83. The van der Waals surface area contributed by atoms with Gasteiger partial charge in [0.1, 0.15) is 0 Å². The topological polar surface area (TPSA) is 0 Å². The van der Waals surface area contributed by atoms with Crippen LogP contribution in [0.1, 0.15) is 53.4 Å². The van der Waals surface area contributed by atoms with Gasteiger partial charge in [-0.05, 0) is 25.7 Å². The Morgan fingerprint density at radius 1 is 1.27 bits per heavy atom. The van der Waals surface area contributed by atoms with Crippen molar-refractivity contribution in [3.63, 3.8) is 0 Å². The first-order chi connectivity index (χ1) is 5.04. The van der Waals surface area contributed by atoms with Gasteiger partial charge in [0.05, 0.1) is 0 Å². The Labute approximate surface area is 76.3 Å². The lowest BCUT2D eigenvalue weighted by Crippen LogP contribution is -2.25. The molecule has 0 radical (unpaired) electrons. The van der Waals surface area contributed by atoms with E-state index in [1.165, 1.54) is 19.3 Å². The molecule has 1 heteroatoms. The van der Waals surface area contributed by atoms with Gasteiger partial charge in [0, 0.05) is 4.87 Å². The first-order valence-electron chi connectivity index (χ1n) is 4.73. The summed E-state index contributed by atoms with van der Waals surface area (Å²) in [4.78, 5) is 0.0325. The van der Waals surface area contributed by atoms with Gasteiger partial charge in [-0.15, -0.1) is 11.6 Å². The normalized spacial score (nSPS) is 19.4. The van der Waals surface area contributed by atoms with E-state index in [0.717, 1.165) is 6.42 Å². The molecular weight excluding hydrogens is 156 g/mol. The molecule has 0 saturated heterocycles. The zero-order valence-corrected chi connectivity index (χ0v) is 9.04. The van der Waals surface area contributed by atoms with E-state index >= 15 is 0 Å². The molecule has 0 saturated carbocycles. The fraction of sp³-hybridized carbons (Fsp3) is 1.00. The van der Waals surface area contributed by atoms with Gasteiger partial charge in [0.15, 0.2) is 0 Å². The predicted octanol–water partition coefficient (Wildman–Crippen LogP) is 4.22. The fourth-order valence-electron chi connectivity index (χ4n) is 1.47. The second kappa shape index (κ2) is 5.03. The maximum Gasteiger partial charge on any atom is 0.0444 e. The second-order valence-corrected chi connectivity index (χ2v) is 4.58. The Morgan fingerprint density at radius 2 is 1.82 bits per heavy atom. The van der Waals surface area contributed by atoms with Gasteiger partial charge in [-0.1, -0.05) is 33.6 Å². The van der Waals surface area contributed by atoms with Crippen molar-refractivity contribution in [1.29, 1.82) is 0 Å². The van der Waals surface area contributed by atoms with Crippen LogP contribution in [0.4, 0.5) is 0 Å². The molecule has 11 heavy (non-hydrogen) atoms. The van der Waals surface area contributed by atoms with Crippen molar-refractivity contribution in [3.05, 3.63) is 0 Å². The fourth-order valence-corrected chi connectivity index (χ4v) is 1.77. The molecule has 0 nitrogen and oxygen atoms in total. The van der Waals surface area contributed by atoms with E-state index < -0.39 is 0 Å². The molecule has 0 heterocycles. The average Bonchev–Trinajstić information content (AvgIpc) is 1.88. The number of hydrogen-bond donors (Lipinski definition) is 0. The van der Waals surface area contributed by atoms with Gasteiger partial charge >= 0.3 is 0 Å². The molecule has 0 amide bonds. The highest BCUT2D eigenvalue weighted by molar-refractivity contribution is 6.23. The lowest BCUT2D eigenvalue weighted by atomic mass is 9.87. The van der Waals surface area contributed by atoms with Crippen LogP contribution in [0.15, 0.2) is 0 Å². The molecule has 0 bridgehead atoms. The lowest BCUT2D eigenvalue weighted by Gasteiger charge is -2.28. The monoisotopic (exact) mass is 176 g/mol. The minimum Gasteiger partial charge on any atom is -0.119 e. The van der Waals surface area contributed by atoms with Gasteiger partial charge in [0.25, 0.3) is 0 Å². The summed E-state index contributed by atoms with van der Waals surface area (Å²) < 4.78 is 0. The largest absolute Gasteiger partial charge is 0.119 e. The highest BCUT2D eigenvalue weighted by Crippen LogP contribution is 2.32. The van der Waals surface area contributed by atoms with Crippen LogP contribution in [0, 0.1) is 5.92 Å². The number of halogens is 1. The quantitative estimate of drug-likeness (QED) is 0.551. The third kappa shape index (κ3) is 4.00. The Hall–Kier alpha value is 0.290. The van der Waals surface area contributed by atoms with Crippen LogP contribution in [-0.2, 0) is 0 Å². The zero-order chi connectivity index (χ0) is 8.91. The van der Waals surface area contributed by atoms with E-state index in [9.17, 15) is 0 Å². The van der Waals surface area contributed by atoms with Gasteiger partial charge in [0.2, 0.25) is 0 Å². The molecule has 0 aromatic rings. The average molecular weight is 177 g/mol. The number of alkyl halides is 1. The Morgan fingerprint density at radius 3 is 2.18 bits per heavy atom. The summed E-state index contributed by atoms with van der Waals surface area (Å²) >= 11 is 6.37. The molecule has 0 N–H and O–H groups in total. The van der Waals surface area contributed by atoms with Crippen LogP contribution in [0.3, 0.4) is 0 Å². The number of hydrogen-bond acceptors (Lipinski definition) is 0. The minimum absolute atomic E-state index is 0.0325. The molecular formula is C10H21Cl. The van der Waals surface area contributed by atoms with Crippen molar-refractivity contribution >= 4 is 11.6 Å². The van der Waals surface area contributed by atoms with Gasteiger partial charge in [-0.25, -0.2) is 0 Å². The van der Waals surface area contributed by atoms with Gasteiger partial charge in [-0.3, -0.25) is 0 Å². The third-order valence-electron chi connectivity index (χ3n) is 2.49. The van der Waals surface area contributed by atoms with Crippen LogP contribution in [0.25, 0.3) is 0 Å². The molecule has 0 aliphatic heterocycles. The van der Waals surface area contributed by atoms with Crippen LogP contribution in [-0.4, -0.2) is 4.87 Å². The van der Waals surface area contributed by atoms with Crippen molar-refractivity contribution in [1.82, 2.24) is 0 Å². The maximum absolute atomic E-state index is 6.37. The van der Waals surface area contributed by atoms with Crippen LogP contribution >= 0.6 is 11.6 Å². The Kier molecular flexibility index (Phi) is 5.16. The second-order valence-electron chi connectivity index (χ2n) is 3.72. The van der Waals surface area contributed by atoms with Crippen LogP contribution < -0.4 is 0 Å². The lowest BCUT2D eigenvalue weighted by molar-refractivity contribution is 0.370. The van der Waals surface area contributed by atoms with Gasteiger partial charge < -0.3 is 0 Å². The van der Waals surface area contributed by atoms with Crippen molar-refractivity contribution in [2.75, 3.05) is 0 Å². The molecule has 0 aliphatic rings. The SMILES string of the molecule is CCCC(C)C(C)(Cl)CCC. The predicted molar refractivity (Wildman–Crippen MR) is 53.2 cm³/mol. The standard InChI is InChI=1S/C10H21Cl/c1-5-7-9(3)10(4,11)8-6-2/h9H,5-8H2,1-4H3. The smallest absolute Gasteiger partial charge is 0.0444 e. The maximum atomic E-state index is 6.37. The molecule has 0 spiro atoms. The van der Waals surface area contributed by atoms with Gasteiger partial charge in [-0.2, -0.15) is 0 Å². The van der Waals surface area contributed by atoms with Crippen molar-refractivity contribution in [2.24, 2.45) is 5.92 Å². The minimum atomic E-state index is 0.0325. The highest BCUT2D eigenvalue weighted by atomic mass is 35.5. The van der Waals surface area contributed by atoms with E-state index in [-0.39, 0.29) is 4.87 Å². The molecule has 0 fully saturated rings. The third-order valence-corrected chi connectivity index (χ3v) is 3.05. The first kappa shape index (κ1) is 11.3. The Bertz CT molecular complexity index is 97.0. The summed E-state index contributed by atoms with van der Waals surface area (Å²) in [5, 5.41) is 0. The van der Waals surface area contributed by atoms with E-state index in [4.69, 9.17) is 11.6 Å². The molecule has 0 aliphatic carbocycles.